The van der Waals surface area contributed by atoms with Crippen LogP contribution in [0.5, 0.6) is 0 Å². The maximum Gasteiger partial charge on any atom is 0.238 e. The molecule has 0 saturated carbocycles. The molecule has 162 valence electrons. The number of carbonyl (C=O) groups excluding carboxylic acids is 2. The standard InChI is InChI=1S/C21H23ClN6O3/c22-16-3-4-19(28-14-23-13-25-28)18(10-16)26-20(29)12-27-7-5-15(6-8-27)21(30)24-11-17-2-1-9-31-17/h1-4,9-10,13-15H,5-8,11-12H2,(H,24,30)(H,26,29). The first-order chi connectivity index (χ1) is 15.1. The molecule has 2 N–H and O–H groups in total. The number of nitrogens with zero attached hydrogens (tertiary/aromatic N) is 4. The van der Waals surface area contributed by atoms with E-state index in [1.54, 1.807) is 41.5 Å². The number of aromatic nitrogens is 3. The van der Waals surface area contributed by atoms with E-state index in [1.807, 2.05) is 11.0 Å². The summed E-state index contributed by atoms with van der Waals surface area (Å²) < 4.78 is 6.80. The highest BCUT2D eigenvalue weighted by atomic mass is 35.5. The highest BCUT2D eigenvalue weighted by molar-refractivity contribution is 6.31. The van der Waals surface area contributed by atoms with Crippen LogP contribution in [-0.2, 0) is 16.1 Å². The molecule has 0 bridgehead atoms. The average molecular weight is 443 g/mol. The molecule has 1 saturated heterocycles. The minimum Gasteiger partial charge on any atom is -0.467 e. The molecule has 0 radical (unpaired) electrons. The molecular weight excluding hydrogens is 420 g/mol. The maximum atomic E-state index is 12.6. The molecule has 1 aromatic carbocycles. The Kier molecular flexibility index (Phi) is 6.63. The number of hydrogen-bond acceptors (Lipinski definition) is 6. The number of carbonyl (C=O) groups is 2. The topological polar surface area (TPSA) is 105 Å². The lowest BCUT2D eigenvalue weighted by Crippen LogP contribution is -2.43. The summed E-state index contributed by atoms with van der Waals surface area (Å²) >= 11 is 6.11. The molecule has 1 aliphatic rings. The molecule has 2 amide bonds. The Balaban J connectivity index is 1.27. The van der Waals surface area contributed by atoms with Crippen LogP contribution in [0.4, 0.5) is 5.69 Å². The Bertz CT molecular complexity index is 1010. The predicted molar refractivity (Wildman–Crippen MR) is 115 cm³/mol. The van der Waals surface area contributed by atoms with Crippen molar-refractivity contribution in [2.75, 3.05) is 25.0 Å². The zero-order valence-corrected chi connectivity index (χ0v) is 17.6. The summed E-state index contributed by atoms with van der Waals surface area (Å²) in [6.45, 7) is 1.99. The van der Waals surface area contributed by atoms with Crippen molar-refractivity contribution in [2.45, 2.75) is 19.4 Å². The molecule has 0 aliphatic carbocycles. The van der Waals surface area contributed by atoms with Crippen molar-refractivity contribution in [2.24, 2.45) is 5.92 Å². The number of halogens is 1. The van der Waals surface area contributed by atoms with E-state index in [1.165, 1.54) is 6.33 Å². The largest absolute Gasteiger partial charge is 0.467 e. The van der Waals surface area contributed by atoms with Gasteiger partial charge in [0, 0.05) is 10.9 Å². The van der Waals surface area contributed by atoms with Crippen molar-refractivity contribution in [1.29, 1.82) is 0 Å². The van der Waals surface area contributed by atoms with Crippen molar-refractivity contribution in [3.8, 4) is 5.69 Å². The van der Waals surface area contributed by atoms with Gasteiger partial charge in [-0.25, -0.2) is 9.67 Å². The second kappa shape index (κ2) is 9.76. The van der Waals surface area contributed by atoms with Crippen molar-refractivity contribution < 1.29 is 14.0 Å². The number of hydrogen-bond donors (Lipinski definition) is 2. The summed E-state index contributed by atoms with van der Waals surface area (Å²) in [5.41, 5.74) is 1.25. The number of rotatable bonds is 7. The number of benzene rings is 1. The van der Waals surface area contributed by atoms with Gasteiger partial charge >= 0.3 is 0 Å². The fourth-order valence-corrected chi connectivity index (χ4v) is 3.79. The Hall–Kier alpha value is -3.17. The molecule has 31 heavy (non-hydrogen) atoms. The van der Waals surface area contributed by atoms with E-state index in [2.05, 4.69) is 20.7 Å². The molecule has 10 heteroatoms. The Morgan fingerprint density at radius 3 is 2.77 bits per heavy atom. The normalized spacial score (nSPS) is 15.0. The minimum atomic E-state index is -0.149. The summed E-state index contributed by atoms with van der Waals surface area (Å²) in [5.74, 6) is 0.552. The summed E-state index contributed by atoms with van der Waals surface area (Å²) in [6, 6.07) is 8.82. The van der Waals surface area contributed by atoms with Gasteiger partial charge in [0.1, 0.15) is 18.4 Å². The van der Waals surface area contributed by atoms with Gasteiger partial charge in [-0.2, -0.15) is 5.10 Å². The first kappa shape index (κ1) is 21.1. The lowest BCUT2D eigenvalue weighted by molar-refractivity contribution is -0.126. The maximum absolute atomic E-state index is 12.6. The van der Waals surface area contributed by atoms with Crippen LogP contribution >= 0.6 is 11.6 Å². The minimum absolute atomic E-state index is 0.0249. The van der Waals surface area contributed by atoms with Crippen LogP contribution in [0.1, 0.15) is 18.6 Å². The first-order valence-electron chi connectivity index (χ1n) is 10.1. The Morgan fingerprint density at radius 1 is 1.23 bits per heavy atom. The molecule has 9 nitrogen and oxygen atoms in total. The molecule has 3 aromatic rings. The average Bonchev–Trinajstić information content (AvgIpc) is 3.47. The highest BCUT2D eigenvalue weighted by Crippen LogP contribution is 2.24. The van der Waals surface area contributed by atoms with Gasteiger partial charge in [0.25, 0.3) is 0 Å². The molecule has 2 aromatic heterocycles. The monoisotopic (exact) mass is 442 g/mol. The van der Waals surface area contributed by atoms with Crippen molar-refractivity contribution in [1.82, 2.24) is 25.0 Å². The Labute approximate surface area is 184 Å². The lowest BCUT2D eigenvalue weighted by atomic mass is 9.96. The van der Waals surface area contributed by atoms with E-state index < -0.39 is 0 Å². The molecular formula is C21H23ClN6O3. The van der Waals surface area contributed by atoms with Gasteiger partial charge in [-0.1, -0.05) is 11.6 Å². The highest BCUT2D eigenvalue weighted by Gasteiger charge is 2.26. The third-order valence-electron chi connectivity index (χ3n) is 5.24. The van der Waals surface area contributed by atoms with Gasteiger partial charge in [0.2, 0.25) is 11.8 Å². The lowest BCUT2D eigenvalue weighted by Gasteiger charge is -2.30. The van der Waals surface area contributed by atoms with Gasteiger partial charge in [-0.05, 0) is 56.3 Å². The van der Waals surface area contributed by atoms with Gasteiger partial charge < -0.3 is 15.1 Å². The third kappa shape index (κ3) is 5.50. The molecule has 4 rings (SSSR count). The van der Waals surface area contributed by atoms with Gasteiger partial charge in [0.05, 0.1) is 30.7 Å². The molecule has 0 spiro atoms. The summed E-state index contributed by atoms with van der Waals surface area (Å²) in [7, 11) is 0. The molecule has 0 unspecified atom stereocenters. The van der Waals surface area contributed by atoms with Crippen LogP contribution in [0.3, 0.4) is 0 Å². The van der Waals surface area contributed by atoms with E-state index in [4.69, 9.17) is 16.0 Å². The van der Waals surface area contributed by atoms with Crippen LogP contribution < -0.4 is 10.6 Å². The molecule has 1 aliphatic heterocycles. The number of amides is 2. The molecule has 3 heterocycles. The number of anilines is 1. The first-order valence-corrected chi connectivity index (χ1v) is 10.4. The zero-order valence-electron chi connectivity index (χ0n) is 16.8. The summed E-state index contributed by atoms with van der Waals surface area (Å²) in [5, 5.41) is 10.5. The van der Waals surface area contributed by atoms with E-state index >= 15 is 0 Å². The number of furan rings is 1. The van der Waals surface area contributed by atoms with Gasteiger partial charge in [-0.3, -0.25) is 14.5 Å². The van der Waals surface area contributed by atoms with E-state index in [0.29, 0.717) is 48.9 Å². The van der Waals surface area contributed by atoms with E-state index in [9.17, 15) is 9.59 Å². The number of nitrogens with one attached hydrogen (secondary N) is 2. The SMILES string of the molecule is O=C(CN1CCC(C(=O)NCc2ccco2)CC1)Nc1cc(Cl)ccc1-n1cncn1. The second-order valence-corrected chi connectivity index (χ2v) is 7.83. The fraction of sp³-hybridized carbons (Fsp3) is 0.333. The zero-order chi connectivity index (χ0) is 21.6. The van der Waals surface area contributed by atoms with Gasteiger partial charge in [0.15, 0.2) is 0 Å². The van der Waals surface area contributed by atoms with Crippen LogP contribution in [-0.4, -0.2) is 51.1 Å². The van der Waals surface area contributed by atoms with Gasteiger partial charge in [-0.15, -0.1) is 0 Å². The summed E-state index contributed by atoms with van der Waals surface area (Å²) in [6.07, 6.45) is 5.98. The van der Waals surface area contributed by atoms with Crippen LogP contribution in [0, 0.1) is 5.92 Å². The van der Waals surface area contributed by atoms with E-state index in [-0.39, 0.29) is 24.3 Å². The predicted octanol–water partition coefficient (Wildman–Crippen LogP) is 2.48. The Morgan fingerprint density at radius 2 is 2.06 bits per heavy atom. The molecule has 1 fully saturated rings. The van der Waals surface area contributed by atoms with Crippen LogP contribution in [0.25, 0.3) is 5.69 Å². The number of piperidine rings is 1. The van der Waals surface area contributed by atoms with Crippen LogP contribution in [0.2, 0.25) is 5.02 Å². The van der Waals surface area contributed by atoms with Crippen molar-refractivity contribution in [3.05, 3.63) is 60.0 Å². The smallest absolute Gasteiger partial charge is 0.238 e. The fourth-order valence-electron chi connectivity index (χ4n) is 3.62. The third-order valence-corrected chi connectivity index (χ3v) is 5.48. The summed E-state index contributed by atoms with van der Waals surface area (Å²) in [4.78, 5) is 31.0. The van der Waals surface area contributed by atoms with E-state index in [0.717, 1.165) is 5.76 Å². The van der Waals surface area contributed by atoms with Crippen molar-refractivity contribution >= 4 is 29.1 Å². The molecule has 0 atom stereocenters. The van der Waals surface area contributed by atoms with Crippen molar-refractivity contribution in [3.63, 3.8) is 0 Å². The van der Waals surface area contributed by atoms with Crippen LogP contribution in [0.15, 0.2) is 53.7 Å². The quantitative estimate of drug-likeness (QED) is 0.582. The number of likely N-dealkylation sites (tertiary alicyclic amines) is 1. The second-order valence-electron chi connectivity index (χ2n) is 7.40.